The average Bonchev–Trinajstić information content (AvgIpc) is 2.77. The van der Waals surface area contributed by atoms with Gasteiger partial charge in [-0.05, 0) is 4.99 Å². The molecule has 1 saturated heterocycles. The van der Waals surface area contributed by atoms with Gasteiger partial charge in [-0.3, -0.25) is 24.8 Å². The van der Waals surface area contributed by atoms with E-state index in [1.165, 1.54) is 29.9 Å². The first-order valence-corrected chi connectivity index (χ1v) is 5.19. The molecular weight excluding hydrogens is 240 g/mol. The van der Waals surface area contributed by atoms with Crippen LogP contribution in [0.3, 0.4) is 0 Å². The highest BCUT2D eigenvalue weighted by Gasteiger charge is 2.50. The van der Waals surface area contributed by atoms with E-state index in [9.17, 15) is 14.4 Å². The van der Waals surface area contributed by atoms with Gasteiger partial charge in [0.2, 0.25) is 0 Å². The molecule has 18 heavy (non-hydrogen) atoms. The first-order valence-electron chi connectivity index (χ1n) is 5.19. The van der Waals surface area contributed by atoms with Gasteiger partial charge in [0, 0.05) is 14.1 Å². The Balaban J connectivity index is 2.26. The second-order valence-electron chi connectivity index (χ2n) is 3.98. The summed E-state index contributed by atoms with van der Waals surface area (Å²) in [6, 6.07) is -1.21. The summed E-state index contributed by atoms with van der Waals surface area (Å²) in [6.45, 7) is -0.101. The molecule has 0 radical (unpaired) electrons. The predicted octanol–water partition coefficient (Wildman–Crippen LogP) is -2.68. The lowest BCUT2D eigenvalue weighted by molar-refractivity contribution is -0.519. The van der Waals surface area contributed by atoms with Crippen molar-refractivity contribution in [3.05, 3.63) is 0 Å². The van der Waals surface area contributed by atoms with Gasteiger partial charge in [0.15, 0.2) is 6.54 Å². The molecule has 2 heterocycles. The topological polar surface area (TPSA) is 111 Å². The zero-order chi connectivity index (χ0) is 13.4. The zero-order valence-corrected chi connectivity index (χ0v) is 9.95. The molecule has 0 aromatic rings. The molecule has 0 aliphatic carbocycles. The van der Waals surface area contributed by atoms with Crippen LogP contribution in [0.1, 0.15) is 0 Å². The molecule has 1 atom stereocenters. The predicted molar refractivity (Wildman–Crippen MR) is 60.7 cm³/mol. The van der Waals surface area contributed by atoms with Crippen LogP contribution in [0.4, 0.5) is 4.79 Å². The Kier molecular flexibility index (Phi) is 2.83. The van der Waals surface area contributed by atoms with Crippen molar-refractivity contribution in [2.24, 2.45) is 10.8 Å². The molecule has 2 rings (SSSR count). The molecule has 0 bridgehead atoms. The van der Waals surface area contributed by atoms with Gasteiger partial charge >= 0.3 is 6.03 Å². The number of nitrogens with zero attached hydrogens (tertiary/aromatic N) is 4. The average molecular weight is 253 g/mol. The van der Waals surface area contributed by atoms with Crippen molar-refractivity contribution in [3.63, 3.8) is 0 Å². The number of rotatable bonds is 2. The van der Waals surface area contributed by atoms with Crippen molar-refractivity contribution < 1.29 is 19.0 Å². The minimum atomic E-state index is -0.755. The molecule has 0 saturated carbocycles. The van der Waals surface area contributed by atoms with E-state index >= 15 is 0 Å². The van der Waals surface area contributed by atoms with E-state index in [1.54, 1.807) is 0 Å². The number of nitrogens with one attached hydrogen (secondary N) is 1. The van der Waals surface area contributed by atoms with E-state index in [2.05, 4.69) is 4.99 Å². The maximum Gasteiger partial charge on any atom is 0.333 e. The van der Waals surface area contributed by atoms with Crippen LogP contribution < -0.4 is 11.3 Å². The lowest BCUT2D eigenvalue weighted by atomic mass is 10.1. The Morgan fingerprint density at radius 1 is 1.50 bits per heavy atom. The van der Waals surface area contributed by atoms with E-state index in [0.717, 1.165) is 4.90 Å². The number of urea groups is 1. The van der Waals surface area contributed by atoms with Crippen LogP contribution in [0, 0.1) is 0 Å². The highest BCUT2D eigenvalue weighted by Crippen LogP contribution is 2.16. The number of fused-ring (bicyclic) bond motifs is 1. The Labute approximate surface area is 103 Å². The largest absolute Gasteiger partial charge is 0.333 e. The Morgan fingerprint density at radius 3 is 2.78 bits per heavy atom. The highest BCUT2D eigenvalue weighted by molar-refractivity contribution is 6.21. The lowest BCUT2D eigenvalue weighted by Crippen LogP contribution is -2.62. The Bertz CT molecular complexity index is 497. The SMILES string of the molecule is CN1C(=O)C2C(=NC=[N+]2CC(=O)NN)N(C)C1=O. The molecule has 1 unspecified atom stereocenters. The van der Waals surface area contributed by atoms with Gasteiger partial charge in [-0.1, -0.05) is 0 Å². The first kappa shape index (κ1) is 12.2. The van der Waals surface area contributed by atoms with Crippen molar-refractivity contribution >= 4 is 30.0 Å². The molecular formula is C9H13N6O3+. The highest BCUT2D eigenvalue weighted by atomic mass is 16.2. The minimum absolute atomic E-state index is 0.101. The number of likely N-dealkylation sites (N-methyl/N-ethyl adjacent to an activating group) is 2. The quantitative estimate of drug-likeness (QED) is 0.242. The van der Waals surface area contributed by atoms with Crippen molar-refractivity contribution in [1.29, 1.82) is 0 Å². The number of imide groups is 1. The van der Waals surface area contributed by atoms with Crippen molar-refractivity contribution in [1.82, 2.24) is 15.2 Å². The minimum Gasteiger partial charge on any atom is -0.291 e. The third kappa shape index (κ3) is 1.64. The summed E-state index contributed by atoms with van der Waals surface area (Å²) in [4.78, 5) is 41.2. The number of carbonyl (C=O) groups excluding carboxylic acids is 3. The summed E-state index contributed by atoms with van der Waals surface area (Å²) < 4.78 is 1.43. The molecule has 0 aromatic carbocycles. The van der Waals surface area contributed by atoms with Gasteiger partial charge in [0.05, 0.1) is 0 Å². The fourth-order valence-corrected chi connectivity index (χ4v) is 1.89. The standard InChI is InChI=1S/C9H12N6O3/c1-13-7-6(8(17)14(2)9(13)18)15(4-11-7)3-5(16)12-10/h4,6H,3,10H2,1-2H3/p+1. The summed E-state index contributed by atoms with van der Waals surface area (Å²) in [7, 11) is 2.91. The van der Waals surface area contributed by atoms with Gasteiger partial charge in [0.1, 0.15) is 0 Å². The number of amidine groups is 1. The van der Waals surface area contributed by atoms with Crippen LogP contribution in [0.2, 0.25) is 0 Å². The summed E-state index contributed by atoms with van der Waals surface area (Å²) in [6.07, 6.45) is 1.36. The van der Waals surface area contributed by atoms with E-state index in [0.29, 0.717) is 5.84 Å². The molecule has 1 fully saturated rings. The first-order chi connectivity index (χ1) is 8.47. The van der Waals surface area contributed by atoms with Gasteiger partial charge in [-0.25, -0.2) is 15.2 Å². The van der Waals surface area contributed by atoms with Gasteiger partial charge < -0.3 is 0 Å². The normalized spacial score (nSPS) is 22.7. The third-order valence-electron chi connectivity index (χ3n) is 2.88. The fraction of sp³-hybridized carbons (Fsp3) is 0.444. The van der Waals surface area contributed by atoms with Crippen molar-refractivity contribution in [2.75, 3.05) is 20.6 Å². The second kappa shape index (κ2) is 4.18. The second-order valence-corrected chi connectivity index (χ2v) is 3.98. The Morgan fingerprint density at radius 2 is 2.17 bits per heavy atom. The van der Waals surface area contributed by atoms with Crippen molar-refractivity contribution in [3.8, 4) is 0 Å². The number of hydrazine groups is 1. The van der Waals surface area contributed by atoms with Crippen molar-refractivity contribution in [2.45, 2.75) is 6.04 Å². The molecule has 0 spiro atoms. The summed E-state index contributed by atoms with van der Waals surface area (Å²) in [5.41, 5.74) is 1.98. The van der Waals surface area contributed by atoms with Gasteiger partial charge in [-0.2, -0.15) is 0 Å². The molecule has 9 heteroatoms. The molecule has 3 N–H and O–H groups in total. The van der Waals surface area contributed by atoms with Crippen LogP contribution >= 0.6 is 0 Å². The van der Waals surface area contributed by atoms with Crippen LogP contribution in [0.15, 0.2) is 4.99 Å². The fourth-order valence-electron chi connectivity index (χ4n) is 1.89. The van der Waals surface area contributed by atoms with Crippen LogP contribution in [0.25, 0.3) is 0 Å². The van der Waals surface area contributed by atoms with E-state index in [4.69, 9.17) is 5.84 Å². The number of hydrogen-bond donors (Lipinski definition) is 2. The lowest BCUT2D eigenvalue weighted by Gasteiger charge is -2.30. The summed E-state index contributed by atoms with van der Waals surface area (Å²) in [5.74, 6) is 4.44. The molecule has 96 valence electrons. The van der Waals surface area contributed by atoms with Gasteiger partial charge in [0.25, 0.3) is 30.0 Å². The molecule has 0 aromatic heterocycles. The molecule has 2 aliphatic rings. The number of carbonyl (C=O) groups is 3. The zero-order valence-electron chi connectivity index (χ0n) is 9.95. The maximum atomic E-state index is 12.0. The Hall–Kier alpha value is -2.29. The molecule has 9 nitrogen and oxygen atoms in total. The number of hydrogen-bond acceptors (Lipinski definition) is 5. The van der Waals surface area contributed by atoms with Gasteiger partial charge in [-0.15, -0.1) is 0 Å². The summed E-state index contributed by atoms with van der Waals surface area (Å²) >= 11 is 0. The van der Waals surface area contributed by atoms with E-state index in [1.807, 2.05) is 5.43 Å². The number of aliphatic imine (C=N–C) groups is 1. The maximum absolute atomic E-state index is 12.0. The van der Waals surface area contributed by atoms with E-state index in [-0.39, 0.29) is 6.54 Å². The van der Waals surface area contributed by atoms with Crippen LogP contribution in [-0.2, 0) is 9.59 Å². The molecule has 2 aliphatic heterocycles. The molecule has 4 amide bonds. The number of amides is 4. The van der Waals surface area contributed by atoms with E-state index < -0.39 is 23.9 Å². The van der Waals surface area contributed by atoms with Crippen LogP contribution in [-0.4, -0.2) is 71.1 Å². The third-order valence-corrected chi connectivity index (χ3v) is 2.88. The van der Waals surface area contributed by atoms with Crippen LogP contribution in [0.5, 0.6) is 0 Å². The number of nitrogens with two attached hydrogens (primary N) is 1. The monoisotopic (exact) mass is 253 g/mol. The smallest absolute Gasteiger partial charge is 0.291 e. The summed E-state index contributed by atoms with van der Waals surface area (Å²) in [5, 5.41) is 0.